The van der Waals surface area contributed by atoms with Crippen LogP contribution in [0, 0.1) is 11.8 Å². The summed E-state index contributed by atoms with van der Waals surface area (Å²) in [6, 6.07) is 16.1. The van der Waals surface area contributed by atoms with Gasteiger partial charge in [0.05, 0.1) is 25.6 Å². The van der Waals surface area contributed by atoms with Gasteiger partial charge < -0.3 is 9.47 Å². The van der Waals surface area contributed by atoms with E-state index in [4.69, 9.17) is 9.47 Å². The highest BCUT2D eigenvalue weighted by molar-refractivity contribution is 6.14. The molecule has 2 aliphatic rings. The van der Waals surface area contributed by atoms with E-state index in [1.54, 1.807) is 14.2 Å². The van der Waals surface area contributed by atoms with Crippen LogP contribution in [0.2, 0.25) is 0 Å². The molecule has 0 aromatic heterocycles. The van der Waals surface area contributed by atoms with Crippen LogP contribution in [0.3, 0.4) is 0 Å². The molecule has 0 amide bonds. The van der Waals surface area contributed by atoms with Crippen LogP contribution in [0.15, 0.2) is 58.7 Å². The van der Waals surface area contributed by atoms with Crippen molar-refractivity contribution in [2.75, 3.05) is 14.2 Å². The Morgan fingerprint density at radius 2 is 1.09 bits per heavy atom. The standard InChI is InChI=1S/C19H18N2O2/c1-22-14-7-3-12(4-8-14)18-16-11-17(16)19(21-20-18)13-5-9-15(23-2)10-6-13/h3-10,16-17H,11H2,1-2H3. The highest BCUT2D eigenvalue weighted by Gasteiger charge is 2.47. The van der Waals surface area contributed by atoms with Gasteiger partial charge in [0, 0.05) is 11.8 Å². The number of ether oxygens (including phenoxy) is 2. The Hall–Kier alpha value is -2.62. The summed E-state index contributed by atoms with van der Waals surface area (Å²) in [5.74, 6) is 2.69. The molecule has 0 spiro atoms. The van der Waals surface area contributed by atoms with Crippen LogP contribution in [-0.2, 0) is 0 Å². The third-order valence-corrected chi connectivity index (χ3v) is 4.53. The van der Waals surface area contributed by atoms with Crippen LogP contribution in [-0.4, -0.2) is 25.6 Å². The van der Waals surface area contributed by atoms with Crippen molar-refractivity contribution in [3.8, 4) is 11.5 Å². The van der Waals surface area contributed by atoms with Crippen LogP contribution in [0.25, 0.3) is 0 Å². The number of rotatable bonds is 4. The predicted octanol–water partition coefficient (Wildman–Crippen LogP) is 3.55. The van der Waals surface area contributed by atoms with Crippen molar-refractivity contribution < 1.29 is 9.47 Å². The monoisotopic (exact) mass is 306 g/mol. The summed E-state index contributed by atoms with van der Waals surface area (Å²) >= 11 is 0. The van der Waals surface area contributed by atoms with Gasteiger partial charge in [0.2, 0.25) is 0 Å². The average Bonchev–Trinajstić information content (AvgIpc) is 3.42. The number of methoxy groups -OCH3 is 2. The van der Waals surface area contributed by atoms with E-state index in [-0.39, 0.29) is 0 Å². The van der Waals surface area contributed by atoms with Crippen molar-refractivity contribution in [1.82, 2.24) is 0 Å². The summed E-state index contributed by atoms with van der Waals surface area (Å²) in [6.45, 7) is 0. The summed E-state index contributed by atoms with van der Waals surface area (Å²) in [7, 11) is 3.35. The Labute approximate surface area is 135 Å². The van der Waals surface area contributed by atoms with E-state index >= 15 is 0 Å². The van der Waals surface area contributed by atoms with Crippen molar-refractivity contribution >= 4 is 11.4 Å². The second-order valence-corrected chi connectivity index (χ2v) is 5.88. The number of benzene rings is 2. The van der Waals surface area contributed by atoms with E-state index in [0.29, 0.717) is 11.8 Å². The Morgan fingerprint density at radius 3 is 1.43 bits per heavy atom. The van der Waals surface area contributed by atoms with Gasteiger partial charge in [-0.1, -0.05) is 0 Å². The summed E-state index contributed by atoms with van der Waals surface area (Å²) in [6.07, 6.45) is 1.12. The second kappa shape index (κ2) is 5.54. The molecule has 0 radical (unpaired) electrons. The fourth-order valence-corrected chi connectivity index (χ4v) is 3.12. The Morgan fingerprint density at radius 1 is 0.696 bits per heavy atom. The smallest absolute Gasteiger partial charge is 0.118 e. The van der Waals surface area contributed by atoms with Crippen LogP contribution in [0.5, 0.6) is 11.5 Å². The first-order valence-electron chi connectivity index (χ1n) is 7.74. The lowest BCUT2D eigenvalue weighted by Gasteiger charge is -2.13. The van der Waals surface area contributed by atoms with Gasteiger partial charge in [0.1, 0.15) is 11.5 Å². The van der Waals surface area contributed by atoms with Crippen molar-refractivity contribution in [2.24, 2.45) is 22.0 Å². The minimum Gasteiger partial charge on any atom is -0.497 e. The molecule has 2 aromatic rings. The molecule has 0 N–H and O–H groups in total. The topological polar surface area (TPSA) is 43.2 Å². The number of nitrogens with zero attached hydrogens (tertiary/aromatic N) is 2. The second-order valence-electron chi connectivity index (χ2n) is 5.88. The van der Waals surface area contributed by atoms with Crippen LogP contribution >= 0.6 is 0 Å². The Bertz CT molecular complexity index is 709. The van der Waals surface area contributed by atoms with E-state index in [1.807, 2.05) is 24.3 Å². The summed E-state index contributed by atoms with van der Waals surface area (Å²) in [5.41, 5.74) is 4.46. The van der Waals surface area contributed by atoms with Crippen LogP contribution < -0.4 is 9.47 Å². The molecule has 0 saturated heterocycles. The number of hydrogen-bond donors (Lipinski definition) is 0. The molecule has 1 saturated carbocycles. The molecule has 1 fully saturated rings. The van der Waals surface area contributed by atoms with E-state index in [9.17, 15) is 0 Å². The Kier molecular flexibility index (Phi) is 3.37. The van der Waals surface area contributed by atoms with Gasteiger partial charge in [-0.05, 0) is 66.1 Å². The molecule has 4 heteroatoms. The number of hydrogen-bond acceptors (Lipinski definition) is 4. The van der Waals surface area contributed by atoms with E-state index in [2.05, 4.69) is 34.5 Å². The van der Waals surface area contributed by atoms with E-state index < -0.39 is 0 Å². The van der Waals surface area contributed by atoms with Gasteiger partial charge in [-0.15, -0.1) is 0 Å². The maximum Gasteiger partial charge on any atom is 0.118 e. The molecule has 4 rings (SSSR count). The fraction of sp³-hybridized carbons (Fsp3) is 0.263. The van der Waals surface area contributed by atoms with Gasteiger partial charge in [0.25, 0.3) is 0 Å². The lowest BCUT2D eigenvalue weighted by molar-refractivity contribution is 0.414. The SMILES string of the molecule is COc1ccc(C2=NN=C(c3ccc(OC)cc3)C3CC23)cc1. The van der Waals surface area contributed by atoms with Crippen LogP contribution in [0.1, 0.15) is 17.5 Å². The van der Waals surface area contributed by atoms with Crippen molar-refractivity contribution in [3.05, 3.63) is 59.7 Å². The maximum absolute atomic E-state index is 5.21. The molecule has 116 valence electrons. The third-order valence-electron chi connectivity index (χ3n) is 4.53. The molecular weight excluding hydrogens is 288 g/mol. The van der Waals surface area contributed by atoms with Crippen molar-refractivity contribution in [1.29, 1.82) is 0 Å². The normalized spacial score (nSPS) is 21.8. The first kappa shape index (κ1) is 14.0. The molecular formula is C19H18N2O2. The van der Waals surface area contributed by atoms with Crippen molar-refractivity contribution in [2.45, 2.75) is 6.42 Å². The minimum atomic E-state index is 0.484. The highest BCUT2D eigenvalue weighted by atomic mass is 16.5. The zero-order chi connectivity index (χ0) is 15.8. The first-order chi connectivity index (χ1) is 11.3. The number of fused-ring (bicyclic) bond motifs is 1. The summed E-state index contributed by atoms with van der Waals surface area (Å²) < 4.78 is 10.4. The van der Waals surface area contributed by atoms with E-state index in [1.165, 1.54) is 0 Å². The Balaban J connectivity index is 1.62. The summed E-state index contributed by atoms with van der Waals surface area (Å²) in [4.78, 5) is 0. The highest BCUT2D eigenvalue weighted by Crippen LogP contribution is 2.46. The first-order valence-corrected chi connectivity index (χ1v) is 7.74. The molecule has 23 heavy (non-hydrogen) atoms. The van der Waals surface area contributed by atoms with Gasteiger partial charge >= 0.3 is 0 Å². The quantitative estimate of drug-likeness (QED) is 0.867. The zero-order valence-corrected chi connectivity index (χ0v) is 13.2. The lowest BCUT2D eigenvalue weighted by Crippen LogP contribution is -2.15. The van der Waals surface area contributed by atoms with E-state index in [0.717, 1.165) is 40.5 Å². The fourth-order valence-electron chi connectivity index (χ4n) is 3.12. The lowest BCUT2D eigenvalue weighted by atomic mass is 9.99. The third kappa shape index (κ3) is 2.50. The molecule has 1 heterocycles. The molecule has 1 aliphatic carbocycles. The van der Waals surface area contributed by atoms with Crippen LogP contribution in [0.4, 0.5) is 0 Å². The van der Waals surface area contributed by atoms with Gasteiger partial charge in [-0.3, -0.25) is 0 Å². The van der Waals surface area contributed by atoms with Crippen molar-refractivity contribution in [3.63, 3.8) is 0 Å². The zero-order valence-electron chi connectivity index (χ0n) is 13.2. The largest absolute Gasteiger partial charge is 0.497 e. The molecule has 4 nitrogen and oxygen atoms in total. The molecule has 1 aliphatic heterocycles. The molecule has 0 bridgehead atoms. The van der Waals surface area contributed by atoms with Gasteiger partial charge in [-0.25, -0.2) is 0 Å². The van der Waals surface area contributed by atoms with Gasteiger partial charge in [-0.2, -0.15) is 10.2 Å². The molecule has 2 aromatic carbocycles. The summed E-state index contributed by atoms with van der Waals surface area (Å²) in [5, 5.41) is 9.02. The predicted molar refractivity (Wildman–Crippen MR) is 90.7 cm³/mol. The van der Waals surface area contributed by atoms with Gasteiger partial charge in [0.15, 0.2) is 0 Å². The molecule has 2 unspecified atom stereocenters. The molecule has 2 atom stereocenters. The average molecular weight is 306 g/mol. The minimum absolute atomic E-state index is 0.484. The maximum atomic E-state index is 5.21.